The minimum Gasteiger partial charge on any atom is -0.396 e. The number of halogens is 2. The molecule has 0 aliphatic carbocycles. The van der Waals surface area contributed by atoms with Crippen LogP contribution >= 0.6 is 0 Å². The number of alkyl halides is 1. The lowest BCUT2D eigenvalue weighted by molar-refractivity contribution is 0.0606. The summed E-state index contributed by atoms with van der Waals surface area (Å²) in [6.07, 6.45) is 0. The third kappa shape index (κ3) is 3.72. The molecule has 1 aromatic carbocycles. The predicted octanol–water partition coefficient (Wildman–Crippen LogP) is 2.13. The molecule has 0 heterocycles. The van der Waals surface area contributed by atoms with Crippen molar-refractivity contribution in [3.05, 3.63) is 35.1 Å². The maximum atomic E-state index is 14.3. The number of rotatable bonds is 5. The highest BCUT2D eigenvalue weighted by Gasteiger charge is 2.37. The predicted molar refractivity (Wildman–Crippen MR) is 66.7 cm³/mol. The summed E-state index contributed by atoms with van der Waals surface area (Å²) in [4.78, 5) is 0. The first-order valence-electron chi connectivity index (χ1n) is 5.94. The molecule has 0 aromatic heterocycles. The monoisotopic (exact) mass is 269 g/mol. The van der Waals surface area contributed by atoms with Gasteiger partial charge >= 0.3 is 0 Å². The lowest BCUT2D eigenvalue weighted by Crippen LogP contribution is -2.34. The van der Waals surface area contributed by atoms with Gasteiger partial charge < -0.3 is 10.2 Å². The summed E-state index contributed by atoms with van der Waals surface area (Å²) in [7, 11) is 0. The SMILES string of the molecule is CC(C)(F)C(c1cc(F)cc(C#N)c1)C(CO)CO. The van der Waals surface area contributed by atoms with Crippen LogP contribution < -0.4 is 0 Å². The van der Waals surface area contributed by atoms with Crippen molar-refractivity contribution < 1.29 is 19.0 Å². The van der Waals surface area contributed by atoms with E-state index in [9.17, 15) is 19.0 Å². The molecule has 0 bridgehead atoms. The number of aliphatic hydroxyl groups excluding tert-OH is 2. The van der Waals surface area contributed by atoms with Crippen molar-refractivity contribution in [2.24, 2.45) is 5.92 Å². The Morgan fingerprint density at radius 2 is 1.84 bits per heavy atom. The number of nitriles is 1. The van der Waals surface area contributed by atoms with Crippen molar-refractivity contribution in [1.29, 1.82) is 5.26 Å². The molecule has 0 radical (unpaired) electrons. The van der Waals surface area contributed by atoms with Gasteiger partial charge in [-0.1, -0.05) is 0 Å². The molecule has 5 heteroatoms. The van der Waals surface area contributed by atoms with Crippen LogP contribution in [-0.2, 0) is 0 Å². The number of aliphatic hydroxyl groups is 2. The second-order valence-corrected chi connectivity index (χ2v) is 5.05. The fraction of sp³-hybridized carbons (Fsp3) is 0.500. The van der Waals surface area contributed by atoms with Gasteiger partial charge in [0.1, 0.15) is 11.5 Å². The summed E-state index contributed by atoms with van der Waals surface area (Å²) in [6, 6.07) is 5.37. The summed E-state index contributed by atoms with van der Waals surface area (Å²) < 4.78 is 27.7. The summed E-state index contributed by atoms with van der Waals surface area (Å²) >= 11 is 0. The van der Waals surface area contributed by atoms with Crippen molar-refractivity contribution >= 4 is 0 Å². The van der Waals surface area contributed by atoms with E-state index in [1.807, 2.05) is 0 Å². The second kappa shape index (κ2) is 6.09. The number of hydrogen-bond donors (Lipinski definition) is 2. The minimum atomic E-state index is -1.77. The highest BCUT2D eigenvalue weighted by atomic mass is 19.1. The van der Waals surface area contributed by atoms with Gasteiger partial charge in [-0.05, 0) is 37.6 Å². The van der Waals surface area contributed by atoms with E-state index >= 15 is 0 Å². The van der Waals surface area contributed by atoms with Crippen molar-refractivity contribution in [2.75, 3.05) is 13.2 Å². The first kappa shape index (κ1) is 15.5. The number of hydrogen-bond acceptors (Lipinski definition) is 3. The standard InChI is InChI=1S/C14H17F2NO2/c1-14(2,16)13(11(7-18)8-19)10-3-9(6-17)4-12(15)5-10/h3-5,11,13,18-19H,7-8H2,1-2H3. The van der Waals surface area contributed by atoms with Gasteiger partial charge in [0.25, 0.3) is 0 Å². The van der Waals surface area contributed by atoms with Crippen LogP contribution in [-0.4, -0.2) is 29.1 Å². The van der Waals surface area contributed by atoms with Crippen LogP contribution in [0, 0.1) is 23.1 Å². The topological polar surface area (TPSA) is 64.2 Å². The molecular weight excluding hydrogens is 252 g/mol. The van der Waals surface area contributed by atoms with Crippen molar-refractivity contribution in [3.63, 3.8) is 0 Å². The van der Waals surface area contributed by atoms with Gasteiger partial charge in [0, 0.05) is 25.0 Å². The maximum absolute atomic E-state index is 14.3. The molecule has 3 nitrogen and oxygen atoms in total. The van der Waals surface area contributed by atoms with Crippen LogP contribution in [0.5, 0.6) is 0 Å². The van der Waals surface area contributed by atoms with Crippen LogP contribution in [0.1, 0.15) is 30.9 Å². The van der Waals surface area contributed by atoms with Gasteiger partial charge in [0.15, 0.2) is 0 Å². The van der Waals surface area contributed by atoms with Crippen LogP contribution in [0.25, 0.3) is 0 Å². The lowest BCUT2D eigenvalue weighted by atomic mass is 9.76. The fourth-order valence-corrected chi connectivity index (χ4v) is 2.35. The van der Waals surface area contributed by atoms with Crippen LogP contribution in [0.15, 0.2) is 18.2 Å². The Morgan fingerprint density at radius 1 is 1.26 bits per heavy atom. The largest absolute Gasteiger partial charge is 0.396 e. The summed E-state index contributed by atoms with van der Waals surface area (Å²) in [6.45, 7) is 1.75. The molecule has 0 fully saturated rings. The van der Waals surface area contributed by atoms with E-state index in [4.69, 9.17) is 5.26 Å². The Morgan fingerprint density at radius 3 is 2.26 bits per heavy atom. The summed E-state index contributed by atoms with van der Waals surface area (Å²) in [5, 5.41) is 27.3. The zero-order valence-electron chi connectivity index (χ0n) is 10.9. The molecule has 0 amide bonds. The molecule has 1 unspecified atom stereocenters. The van der Waals surface area contributed by atoms with Gasteiger partial charge in [-0.15, -0.1) is 0 Å². The third-order valence-electron chi connectivity index (χ3n) is 3.09. The van der Waals surface area contributed by atoms with Gasteiger partial charge in [-0.3, -0.25) is 0 Å². The van der Waals surface area contributed by atoms with E-state index in [0.717, 1.165) is 12.1 Å². The quantitative estimate of drug-likeness (QED) is 0.860. The van der Waals surface area contributed by atoms with Crippen molar-refractivity contribution in [3.8, 4) is 6.07 Å². The highest BCUT2D eigenvalue weighted by molar-refractivity contribution is 5.36. The molecular formula is C14H17F2NO2. The molecule has 0 aliphatic heterocycles. The normalized spacial score (nSPS) is 13.4. The lowest BCUT2D eigenvalue weighted by Gasteiger charge is -2.33. The molecule has 104 valence electrons. The second-order valence-electron chi connectivity index (χ2n) is 5.05. The van der Waals surface area contributed by atoms with Crippen LogP contribution in [0.3, 0.4) is 0 Å². The van der Waals surface area contributed by atoms with Gasteiger partial charge in [0.2, 0.25) is 0 Å². The first-order valence-corrected chi connectivity index (χ1v) is 5.94. The Kier molecular flexibility index (Phi) is 4.98. The third-order valence-corrected chi connectivity index (χ3v) is 3.09. The van der Waals surface area contributed by atoms with Crippen molar-refractivity contribution in [2.45, 2.75) is 25.4 Å². The Hall–Kier alpha value is -1.51. The average molecular weight is 269 g/mol. The summed E-state index contributed by atoms with van der Waals surface area (Å²) in [5.41, 5.74) is -1.42. The van der Waals surface area contributed by atoms with E-state index in [1.54, 1.807) is 6.07 Å². The van der Waals surface area contributed by atoms with Crippen LogP contribution in [0.2, 0.25) is 0 Å². The summed E-state index contributed by atoms with van der Waals surface area (Å²) in [5.74, 6) is -2.29. The molecule has 0 saturated carbocycles. The minimum absolute atomic E-state index is 0.0823. The molecule has 0 saturated heterocycles. The van der Waals surface area contributed by atoms with Gasteiger partial charge in [-0.25, -0.2) is 8.78 Å². The smallest absolute Gasteiger partial charge is 0.124 e. The first-order chi connectivity index (χ1) is 8.83. The van der Waals surface area contributed by atoms with E-state index in [2.05, 4.69) is 0 Å². The molecule has 1 rings (SSSR count). The fourth-order valence-electron chi connectivity index (χ4n) is 2.35. The molecule has 19 heavy (non-hydrogen) atoms. The average Bonchev–Trinajstić information content (AvgIpc) is 2.33. The van der Waals surface area contributed by atoms with Crippen molar-refractivity contribution in [1.82, 2.24) is 0 Å². The molecule has 0 spiro atoms. The Balaban J connectivity index is 3.33. The Labute approximate surface area is 111 Å². The van der Waals surface area contributed by atoms with E-state index in [-0.39, 0.29) is 11.1 Å². The van der Waals surface area contributed by atoms with Gasteiger partial charge in [0.05, 0.1) is 11.6 Å². The maximum Gasteiger partial charge on any atom is 0.124 e. The number of benzene rings is 1. The van der Waals surface area contributed by atoms with E-state index in [0.29, 0.717) is 0 Å². The van der Waals surface area contributed by atoms with E-state index in [1.165, 1.54) is 19.9 Å². The zero-order chi connectivity index (χ0) is 14.6. The molecule has 1 atom stereocenters. The van der Waals surface area contributed by atoms with Crippen LogP contribution in [0.4, 0.5) is 8.78 Å². The molecule has 1 aromatic rings. The molecule has 0 aliphatic rings. The zero-order valence-corrected chi connectivity index (χ0v) is 10.9. The Bertz CT molecular complexity index is 473. The number of nitrogens with zero attached hydrogens (tertiary/aromatic N) is 1. The highest BCUT2D eigenvalue weighted by Crippen LogP contribution is 2.38. The van der Waals surface area contributed by atoms with E-state index < -0.39 is 36.5 Å². The molecule has 2 N–H and O–H groups in total. The van der Waals surface area contributed by atoms with Gasteiger partial charge in [-0.2, -0.15) is 5.26 Å².